The van der Waals surface area contributed by atoms with Crippen LogP contribution in [0.15, 0.2) is 48.5 Å². The van der Waals surface area contributed by atoms with Gasteiger partial charge in [0.2, 0.25) is 0 Å². The predicted octanol–water partition coefficient (Wildman–Crippen LogP) is 4.68. The smallest absolute Gasteiger partial charge is 0.158 e. The summed E-state index contributed by atoms with van der Waals surface area (Å²) < 4.78 is 7.44. The Morgan fingerprint density at radius 2 is 1.88 bits per heavy atom. The highest BCUT2D eigenvalue weighted by Crippen LogP contribution is 2.31. The van der Waals surface area contributed by atoms with Crippen molar-refractivity contribution in [3.05, 3.63) is 65.4 Å². The Morgan fingerprint density at radius 3 is 2.69 bits per heavy atom. The number of hydrogen-bond donors (Lipinski definition) is 1. The number of aryl methyl sites for hydroxylation is 2. The van der Waals surface area contributed by atoms with E-state index in [2.05, 4.69) is 48.5 Å². The van der Waals surface area contributed by atoms with Gasteiger partial charge in [-0.3, -0.25) is 0 Å². The molecule has 0 bridgehead atoms. The summed E-state index contributed by atoms with van der Waals surface area (Å²) in [5, 5.41) is 9.18. The molecule has 0 saturated carbocycles. The number of fused-ring (bicyclic) bond motifs is 3. The molecule has 4 rings (SSSR count). The van der Waals surface area contributed by atoms with Crippen molar-refractivity contribution < 1.29 is 4.74 Å². The maximum atomic E-state index is 5.55. The summed E-state index contributed by atoms with van der Waals surface area (Å²) in [7, 11) is 1.70. The van der Waals surface area contributed by atoms with Gasteiger partial charge >= 0.3 is 0 Å². The largest absolute Gasteiger partial charge is 0.496 e. The van der Waals surface area contributed by atoms with Gasteiger partial charge in [-0.25, -0.2) is 9.50 Å². The summed E-state index contributed by atoms with van der Waals surface area (Å²) in [6, 6.07) is 16.5. The molecule has 1 N–H and O–H groups in total. The maximum Gasteiger partial charge on any atom is 0.158 e. The number of methoxy groups -OCH3 is 1. The SMILES string of the molecule is COc1ccc(C)cc1C(C)Nc1nc2cc(C)nn2c2ccccc12. The Hall–Kier alpha value is -3.08. The first kappa shape index (κ1) is 16.4. The molecule has 2 aromatic carbocycles. The van der Waals surface area contributed by atoms with Crippen LogP contribution >= 0.6 is 0 Å². The van der Waals surface area contributed by atoms with E-state index in [0.29, 0.717) is 0 Å². The Morgan fingerprint density at radius 1 is 1.08 bits per heavy atom. The molecule has 0 radical (unpaired) electrons. The molecule has 0 amide bonds. The van der Waals surface area contributed by atoms with Crippen LogP contribution in [0.25, 0.3) is 16.6 Å². The van der Waals surface area contributed by atoms with Crippen LogP contribution < -0.4 is 10.1 Å². The van der Waals surface area contributed by atoms with Gasteiger partial charge in [0, 0.05) is 17.0 Å². The lowest BCUT2D eigenvalue weighted by Gasteiger charge is -2.19. The lowest BCUT2D eigenvalue weighted by atomic mass is 10.0. The molecule has 26 heavy (non-hydrogen) atoms. The number of nitrogens with zero attached hydrogens (tertiary/aromatic N) is 3. The fourth-order valence-electron chi connectivity index (χ4n) is 3.36. The molecule has 2 heterocycles. The van der Waals surface area contributed by atoms with E-state index in [1.54, 1.807) is 7.11 Å². The zero-order chi connectivity index (χ0) is 18.3. The van der Waals surface area contributed by atoms with Crippen LogP contribution in [0.2, 0.25) is 0 Å². The molecule has 1 atom stereocenters. The van der Waals surface area contributed by atoms with Gasteiger partial charge < -0.3 is 10.1 Å². The predicted molar refractivity (Wildman–Crippen MR) is 105 cm³/mol. The monoisotopic (exact) mass is 346 g/mol. The Balaban J connectivity index is 1.82. The second-order valence-electron chi connectivity index (χ2n) is 6.64. The summed E-state index contributed by atoms with van der Waals surface area (Å²) in [4.78, 5) is 4.82. The minimum atomic E-state index is 0.0484. The standard InChI is InChI=1S/C21H22N4O/c1-13-9-10-19(26-4)17(11-13)15(3)22-21-16-7-5-6-8-18(16)25-20(23-21)12-14(2)24-25/h5-12,15H,1-4H3,(H,22,23). The van der Waals surface area contributed by atoms with Crippen LogP contribution in [0.1, 0.15) is 29.8 Å². The fraction of sp³-hybridized carbons (Fsp3) is 0.238. The van der Waals surface area contributed by atoms with Crippen molar-refractivity contribution in [1.82, 2.24) is 14.6 Å². The first-order valence-corrected chi connectivity index (χ1v) is 8.73. The zero-order valence-corrected chi connectivity index (χ0v) is 15.4. The highest BCUT2D eigenvalue weighted by atomic mass is 16.5. The van der Waals surface area contributed by atoms with Crippen LogP contribution in [-0.2, 0) is 0 Å². The van der Waals surface area contributed by atoms with Gasteiger partial charge in [0.1, 0.15) is 11.6 Å². The van der Waals surface area contributed by atoms with Crippen LogP contribution in [0.4, 0.5) is 5.82 Å². The molecule has 0 spiro atoms. The minimum absolute atomic E-state index is 0.0484. The fourth-order valence-corrected chi connectivity index (χ4v) is 3.36. The quantitative estimate of drug-likeness (QED) is 0.583. The van der Waals surface area contributed by atoms with Crippen molar-refractivity contribution >= 4 is 22.4 Å². The van der Waals surface area contributed by atoms with Gasteiger partial charge in [-0.1, -0.05) is 29.8 Å². The van der Waals surface area contributed by atoms with Gasteiger partial charge in [-0.15, -0.1) is 0 Å². The van der Waals surface area contributed by atoms with E-state index in [-0.39, 0.29) is 6.04 Å². The molecule has 0 saturated heterocycles. The molecule has 5 heteroatoms. The summed E-state index contributed by atoms with van der Waals surface area (Å²) in [6.07, 6.45) is 0. The van der Waals surface area contributed by atoms with E-state index in [1.807, 2.05) is 35.7 Å². The minimum Gasteiger partial charge on any atom is -0.496 e. The van der Waals surface area contributed by atoms with E-state index < -0.39 is 0 Å². The van der Waals surface area contributed by atoms with Gasteiger partial charge in [-0.2, -0.15) is 5.10 Å². The van der Waals surface area contributed by atoms with Crippen molar-refractivity contribution in [2.24, 2.45) is 0 Å². The van der Waals surface area contributed by atoms with Crippen molar-refractivity contribution in [2.75, 3.05) is 12.4 Å². The van der Waals surface area contributed by atoms with E-state index in [0.717, 1.165) is 39.4 Å². The third-order valence-corrected chi connectivity index (χ3v) is 4.63. The molecule has 4 aromatic rings. The maximum absolute atomic E-state index is 5.55. The van der Waals surface area contributed by atoms with E-state index in [4.69, 9.17) is 9.72 Å². The summed E-state index contributed by atoms with van der Waals surface area (Å²) in [5.74, 6) is 1.73. The van der Waals surface area contributed by atoms with Crippen molar-refractivity contribution in [3.8, 4) is 5.75 Å². The third kappa shape index (κ3) is 2.75. The average Bonchev–Trinajstić information content (AvgIpc) is 3.02. The molecule has 132 valence electrons. The molecule has 0 fully saturated rings. The summed E-state index contributed by atoms with van der Waals surface area (Å²) in [5.41, 5.74) is 5.15. The van der Waals surface area contributed by atoms with Gasteiger partial charge in [0.25, 0.3) is 0 Å². The van der Waals surface area contributed by atoms with Crippen LogP contribution in [0.3, 0.4) is 0 Å². The zero-order valence-electron chi connectivity index (χ0n) is 15.4. The number of anilines is 1. The normalized spacial score (nSPS) is 12.5. The molecule has 0 aliphatic rings. The number of hydrogen-bond acceptors (Lipinski definition) is 4. The van der Waals surface area contributed by atoms with Crippen molar-refractivity contribution in [1.29, 1.82) is 0 Å². The first-order chi connectivity index (χ1) is 12.6. The topological polar surface area (TPSA) is 51.5 Å². The summed E-state index contributed by atoms with van der Waals surface area (Å²) in [6.45, 7) is 6.20. The molecular formula is C21H22N4O. The second kappa shape index (κ2) is 6.33. The molecular weight excluding hydrogens is 324 g/mol. The molecule has 2 aromatic heterocycles. The molecule has 0 aliphatic carbocycles. The lowest BCUT2D eigenvalue weighted by Crippen LogP contribution is -2.11. The number of aromatic nitrogens is 3. The van der Waals surface area contributed by atoms with Gasteiger partial charge in [0.15, 0.2) is 5.65 Å². The van der Waals surface area contributed by atoms with Crippen LogP contribution in [-0.4, -0.2) is 21.7 Å². The first-order valence-electron chi connectivity index (χ1n) is 8.73. The van der Waals surface area contributed by atoms with Crippen molar-refractivity contribution in [3.63, 3.8) is 0 Å². The van der Waals surface area contributed by atoms with E-state index in [1.165, 1.54) is 5.56 Å². The molecule has 0 aliphatic heterocycles. The van der Waals surface area contributed by atoms with E-state index in [9.17, 15) is 0 Å². The van der Waals surface area contributed by atoms with Crippen LogP contribution in [0.5, 0.6) is 5.75 Å². The van der Waals surface area contributed by atoms with E-state index >= 15 is 0 Å². The Labute approximate surface area is 152 Å². The van der Waals surface area contributed by atoms with Crippen molar-refractivity contribution in [2.45, 2.75) is 26.8 Å². The molecule has 5 nitrogen and oxygen atoms in total. The number of ether oxygens (including phenoxy) is 1. The molecule has 1 unspecified atom stereocenters. The number of nitrogens with one attached hydrogen (secondary N) is 1. The van der Waals surface area contributed by atoms with Gasteiger partial charge in [0.05, 0.1) is 24.4 Å². The van der Waals surface area contributed by atoms with Crippen LogP contribution in [0, 0.1) is 13.8 Å². The number of para-hydroxylation sites is 1. The highest BCUT2D eigenvalue weighted by Gasteiger charge is 2.15. The second-order valence-corrected chi connectivity index (χ2v) is 6.64. The summed E-state index contributed by atoms with van der Waals surface area (Å²) >= 11 is 0. The van der Waals surface area contributed by atoms with Gasteiger partial charge in [-0.05, 0) is 39.0 Å². The Bertz CT molecular complexity index is 1100. The lowest BCUT2D eigenvalue weighted by molar-refractivity contribution is 0.408. The number of benzene rings is 2. The number of rotatable bonds is 4. The average molecular weight is 346 g/mol. The third-order valence-electron chi connectivity index (χ3n) is 4.63. The Kier molecular flexibility index (Phi) is 3.99. The highest BCUT2D eigenvalue weighted by molar-refractivity contribution is 5.91.